The molecule has 16 heavy (non-hydrogen) atoms. The second kappa shape index (κ2) is 4.28. The van der Waals surface area contributed by atoms with Gasteiger partial charge in [-0.25, -0.2) is 0 Å². The molecule has 0 aromatic rings. The van der Waals surface area contributed by atoms with Crippen LogP contribution in [0.5, 0.6) is 0 Å². The predicted molar refractivity (Wildman–Crippen MR) is 66.2 cm³/mol. The first-order valence-corrected chi connectivity index (χ1v) is 6.69. The van der Waals surface area contributed by atoms with Gasteiger partial charge in [-0.15, -0.1) is 0 Å². The predicted octanol–water partition coefficient (Wildman–Crippen LogP) is 1.35. The summed E-state index contributed by atoms with van der Waals surface area (Å²) in [6.45, 7) is 7.16. The van der Waals surface area contributed by atoms with E-state index in [0.29, 0.717) is 12.6 Å². The van der Waals surface area contributed by atoms with Crippen molar-refractivity contribution in [2.24, 2.45) is 11.1 Å². The van der Waals surface area contributed by atoms with Crippen molar-refractivity contribution < 1.29 is 5.11 Å². The van der Waals surface area contributed by atoms with Crippen LogP contribution in [-0.4, -0.2) is 41.3 Å². The first kappa shape index (κ1) is 12.3. The van der Waals surface area contributed by atoms with Crippen molar-refractivity contribution in [1.29, 1.82) is 0 Å². The Labute approximate surface area is 99.0 Å². The van der Waals surface area contributed by atoms with Crippen LogP contribution >= 0.6 is 0 Å². The molecule has 1 saturated heterocycles. The molecule has 1 aliphatic heterocycles. The van der Waals surface area contributed by atoms with Gasteiger partial charge in [0.2, 0.25) is 0 Å². The number of hydrogen-bond donors (Lipinski definition) is 2. The van der Waals surface area contributed by atoms with Crippen molar-refractivity contribution in [3.05, 3.63) is 0 Å². The number of rotatable bonds is 3. The summed E-state index contributed by atoms with van der Waals surface area (Å²) in [5, 5.41) is 10.8. The molecule has 3 N–H and O–H groups in total. The minimum absolute atomic E-state index is 0.0517. The van der Waals surface area contributed by atoms with E-state index in [2.05, 4.69) is 18.7 Å². The maximum atomic E-state index is 10.8. The van der Waals surface area contributed by atoms with Gasteiger partial charge in [0, 0.05) is 31.1 Å². The average Bonchev–Trinajstić information content (AvgIpc) is 2.17. The number of likely N-dealkylation sites (tertiary alicyclic amines) is 1. The fourth-order valence-corrected chi connectivity index (χ4v) is 3.40. The highest BCUT2D eigenvalue weighted by Gasteiger charge is 2.53. The molecule has 0 spiro atoms. The van der Waals surface area contributed by atoms with Gasteiger partial charge in [0.25, 0.3) is 0 Å². The Balaban J connectivity index is 2.00. The Morgan fingerprint density at radius 3 is 2.06 bits per heavy atom. The van der Waals surface area contributed by atoms with Crippen molar-refractivity contribution in [3.8, 4) is 0 Å². The lowest BCUT2D eigenvalue weighted by atomic mass is 9.56. The van der Waals surface area contributed by atoms with Crippen molar-refractivity contribution in [2.45, 2.75) is 57.6 Å². The van der Waals surface area contributed by atoms with E-state index in [4.69, 9.17) is 5.73 Å². The van der Waals surface area contributed by atoms with Gasteiger partial charge < -0.3 is 15.7 Å². The fraction of sp³-hybridized carbons (Fsp3) is 1.00. The van der Waals surface area contributed by atoms with Gasteiger partial charge >= 0.3 is 0 Å². The first-order chi connectivity index (χ1) is 7.53. The molecule has 2 rings (SSSR count). The van der Waals surface area contributed by atoms with Gasteiger partial charge in [-0.1, -0.05) is 6.42 Å². The third-order valence-corrected chi connectivity index (χ3v) is 5.04. The number of piperidine rings is 1. The lowest BCUT2D eigenvalue weighted by molar-refractivity contribution is -0.153. The topological polar surface area (TPSA) is 49.5 Å². The summed E-state index contributed by atoms with van der Waals surface area (Å²) in [4.78, 5) is 2.46. The van der Waals surface area contributed by atoms with Crippen molar-refractivity contribution in [1.82, 2.24) is 4.90 Å². The van der Waals surface area contributed by atoms with Crippen molar-refractivity contribution in [2.75, 3.05) is 19.6 Å². The Morgan fingerprint density at radius 1 is 1.19 bits per heavy atom. The maximum absolute atomic E-state index is 10.8. The molecule has 1 heterocycles. The van der Waals surface area contributed by atoms with Crippen LogP contribution in [0.1, 0.15) is 46.0 Å². The smallest absolute Gasteiger partial charge is 0.0740 e. The molecule has 0 radical (unpaired) electrons. The highest BCUT2D eigenvalue weighted by molar-refractivity contribution is 5.06. The third-order valence-electron chi connectivity index (χ3n) is 5.04. The summed E-state index contributed by atoms with van der Waals surface area (Å²) in [6, 6.07) is 0.597. The lowest BCUT2D eigenvalue weighted by Gasteiger charge is -2.56. The largest absolute Gasteiger partial charge is 0.389 e. The van der Waals surface area contributed by atoms with Gasteiger partial charge in [-0.2, -0.15) is 0 Å². The van der Waals surface area contributed by atoms with Crippen LogP contribution < -0.4 is 5.73 Å². The molecule has 0 bridgehead atoms. The molecule has 1 saturated carbocycles. The molecule has 3 nitrogen and oxygen atoms in total. The molecule has 0 unspecified atom stereocenters. The summed E-state index contributed by atoms with van der Waals surface area (Å²) in [5.41, 5.74) is 5.48. The van der Waals surface area contributed by atoms with Crippen molar-refractivity contribution in [3.63, 3.8) is 0 Å². The Kier molecular flexibility index (Phi) is 3.30. The van der Waals surface area contributed by atoms with Crippen LogP contribution in [0.15, 0.2) is 0 Å². The van der Waals surface area contributed by atoms with E-state index in [0.717, 1.165) is 38.8 Å². The molecular weight excluding hydrogens is 200 g/mol. The van der Waals surface area contributed by atoms with Crippen LogP contribution in [0.3, 0.4) is 0 Å². The molecule has 0 atom stereocenters. The van der Waals surface area contributed by atoms with Gasteiger partial charge in [-0.3, -0.25) is 0 Å². The van der Waals surface area contributed by atoms with Gasteiger partial charge in [-0.05, 0) is 39.5 Å². The zero-order valence-corrected chi connectivity index (χ0v) is 10.7. The summed E-state index contributed by atoms with van der Waals surface area (Å²) >= 11 is 0. The number of hydrogen-bond acceptors (Lipinski definition) is 3. The molecule has 94 valence electrons. The Morgan fingerprint density at radius 2 is 1.75 bits per heavy atom. The van der Waals surface area contributed by atoms with Crippen molar-refractivity contribution >= 4 is 0 Å². The monoisotopic (exact) mass is 226 g/mol. The maximum Gasteiger partial charge on any atom is 0.0740 e. The van der Waals surface area contributed by atoms with Crippen LogP contribution in [0.4, 0.5) is 0 Å². The molecule has 3 heteroatoms. The van der Waals surface area contributed by atoms with Crippen LogP contribution in [0, 0.1) is 5.41 Å². The summed E-state index contributed by atoms with van der Waals surface area (Å²) in [7, 11) is 0. The number of nitrogens with two attached hydrogens (primary N) is 1. The fourth-order valence-electron chi connectivity index (χ4n) is 3.40. The van der Waals surface area contributed by atoms with Crippen LogP contribution in [-0.2, 0) is 0 Å². The Bertz CT molecular complexity index is 235. The summed E-state index contributed by atoms with van der Waals surface area (Å²) in [5.74, 6) is 0. The van der Waals surface area contributed by atoms with Gasteiger partial charge in [0.1, 0.15) is 0 Å². The van der Waals surface area contributed by atoms with Gasteiger partial charge in [0.15, 0.2) is 0 Å². The number of nitrogens with zero attached hydrogens (tertiary/aromatic N) is 1. The molecule has 2 fully saturated rings. The van der Waals surface area contributed by atoms with Crippen LogP contribution in [0.25, 0.3) is 0 Å². The van der Waals surface area contributed by atoms with E-state index in [1.165, 1.54) is 6.42 Å². The number of aliphatic hydroxyl groups is 1. The quantitative estimate of drug-likeness (QED) is 0.764. The van der Waals surface area contributed by atoms with E-state index in [-0.39, 0.29) is 5.41 Å². The average molecular weight is 226 g/mol. The first-order valence-electron chi connectivity index (χ1n) is 6.69. The third kappa shape index (κ3) is 1.79. The lowest BCUT2D eigenvalue weighted by Crippen LogP contribution is -2.61. The molecule has 1 aliphatic carbocycles. The van der Waals surface area contributed by atoms with E-state index < -0.39 is 5.60 Å². The Hall–Kier alpha value is -0.120. The zero-order valence-electron chi connectivity index (χ0n) is 10.7. The normalized spacial score (nSPS) is 29.1. The molecule has 0 amide bonds. The van der Waals surface area contributed by atoms with E-state index in [1.54, 1.807) is 0 Å². The molecular formula is C13H26N2O. The highest BCUT2D eigenvalue weighted by atomic mass is 16.3. The standard InChI is InChI=1S/C13H26N2O/c1-11(2)15-8-6-13(16,7-9-15)12(10-14)4-3-5-12/h11,16H,3-10,14H2,1-2H3. The minimum atomic E-state index is -0.481. The SMILES string of the molecule is CC(C)N1CCC(O)(C2(CN)CCC2)CC1. The molecule has 0 aromatic heterocycles. The molecule has 0 aromatic carbocycles. The second-order valence-electron chi connectivity index (χ2n) is 6.00. The van der Waals surface area contributed by atoms with E-state index in [1.807, 2.05) is 0 Å². The minimum Gasteiger partial charge on any atom is -0.389 e. The second-order valence-corrected chi connectivity index (χ2v) is 6.00. The van der Waals surface area contributed by atoms with Crippen LogP contribution in [0.2, 0.25) is 0 Å². The molecule has 2 aliphatic rings. The zero-order chi connectivity index (χ0) is 11.8. The van der Waals surface area contributed by atoms with E-state index >= 15 is 0 Å². The summed E-state index contributed by atoms with van der Waals surface area (Å²) < 4.78 is 0. The highest BCUT2D eigenvalue weighted by Crippen LogP contribution is 2.52. The van der Waals surface area contributed by atoms with Gasteiger partial charge in [0.05, 0.1) is 5.60 Å². The summed E-state index contributed by atoms with van der Waals surface area (Å²) in [6.07, 6.45) is 5.31. The van der Waals surface area contributed by atoms with E-state index in [9.17, 15) is 5.11 Å².